The Hall–Kier alpha value is -6.99. The van der Waals surface area contributed by atoms with E-state index in [4.69, 9.17) is 34.4 Å². The van der Waals surface area contributed by atoms with E-state index in [0.29, 0.717) is 23.6 Å². The van der Waals surface area contributed by atoms with Gasteiger partial charge in [0.1, 0.15) is 31.9 Å². The number of Topliss-reactive ketones (excluding diaryl/α,β-unsaturated/α-hetero) is 1. The summed E-state index contributed by atoms with van der Waals surface area (Å²) in [5, 5.41) is 8.42. The van der Waals surface area contributed by atoms with Gasteiger partial charge in [0.2, 0.25) is 29.2 Å². The van der Waals surface area contributed by atoms with Crippen LogP contribution in [0.3, 0.4) is 0 Å². The highest BCUT2D eigenvalue weighted by molar-refractivity contribution is 6.00. The zero-order valence-corrected chi connectivity index (χ0v) is 35.1. The summed E-state index contributed by atoms with van der Waals surface area (Å²) >= 11 is 0. The van der Waals surface area contributed by atoms with Crippen LogP contribution in [0.2, 0.25) is 0 Å². The fraction of sp³-hybridized carbons (Fsp3) is 0.386. The predicted molar refractivity (Wildman–Crippen MR) is 223 cm³/mol. The Kier molecular flexibility index (Phi) is 14.3. The van der Waals surface area contributed by atoms with Gasteiger partial charge in [-0.25, -0.2) is 14.6 Å². The number of amides is 4. The van der Waals surface area contributed by atoms with Crippen molar-refractivity contribution in [3.63, 3.8) is 0 Å². The first kappa shape index (κ1) is 45.5. The van der Waals surface area contributed by atoms with Gasteiger partial charge in [-0.3, -0.25) is 28.8 Å². The number of rotatable bonds is 19. The van der Waals surface area contributed by atoms with E-state index in [-0.39, 0.29) is 68.4 Å². The van der Waals surface area contributed by atoms with Crippen LogP contribution in [0.4, 0.5) is 10.5 Å². The molecule has 332 valence electrons. The largest absolute Gasteiger partial charge is 0.510 e. The number of nitrogens with zero attached hydrogens (tertiary/aromatic N) is 2. The maximum atomic E-state index is 13.8. The predicted octanol–water partition coefficient (Wildman–Crippen LogP) is 2.50. The molecule has 0 unspecified atom stereocenters. The average molecular weight is 869 g/mol. The fourth-order valence-electron chi connectivity index (χ4n) is 7.26. The minimum Gasteiger partial charge on any atom is -0.457 e. The van der Waals surface area contributed by atoms with Crippen LogP contribution >= 0.6 is 0 Å². The van der Waals surface area contributed by atoms with E-state index >= 15 is 0 Å². The molecular weight excluding hydrogens is 821 g/mol. The van der Waals surface area contributed by atoms with E-state index in [9.17, 15) is 38.4 Å². The molecule has 0 bridgehead atoms. The Bertz CT molecular complexity index is 2500. The van der Waals surface area contributed by atoms with Crippen molar-refractivity contribution >= 4 is 58.1 Å². The van der Waals surface area contributed by atoms with Gasteiger partial charge in [-0.15, -0.1) is 0 Å². The zero-order valence-electron chi connectivity index (χ0n) is 35.1. The molecule has 19 heteroatoms. The van der Waals surface area contributed by atoms with E-state index in [1.54, 1.807) is 17.6 Å². The molecular formula is C44H48N6O13. The van der Waals surface area contributed by atoms with Gasteiger partial charge < -0.3 is 49.9 Å². The third-order valence-corrected chi connectivity index (χ3v) is 10.7. The van der Waals surface area contributed by atoms with Gasteiger partial charge >= 0.3 is 12.1 Å². The van der Waals surface area contributed by atoms with Crippen molar-refractivity contribution < 1.29 is 57.2 Å². The Morgan fingerprint density at radius 2 is 1.68 bits per heavy atom. The second kappa shape index (κ2) is 19.8. The number of benzene rings is 2. The quantitative estimate of drug-likeness (QED) is 0.0687. The lowest BCUT2D eigenvalue weighted by Gasteiger charge is -2.35. The van der Waals surface area contributed by atoms with Gasteiger partial charge in [0.25, 0.3) is 5.56 Å². The molecule has 2 aromatic carbocycles. The van der Waals surface area contributed by atoms with E-state index in [1.807, 2.05) is 30.3 Å². The smallest absolute Gasteiger partial charge is 0.457 e. The molecule has 0 fully saturated rings. The van der Waals surface area contributed by atoms with Crippen molar-refractivity contribution in [3.05, 3.63) is 93.3 Å². The lowest BCUT2D eigenvalue weighted by molar-refractivity contribution is -0.175. The fourth-order valence-corrected chi connectivity index (χ4v) is 7.26. The van der Waals surface area contributed by atoms with Gasteiger partial charge in [0.05, 0.1) is 48.6 Å². The van der Waals surface area contributed by atoms with Crippen molar-refractivity contribution in [2.75, 3.05) is 32.2 Å². The summed E-state index contributed by atoms with van der Waals surface area (Å²) in [6, 6.07) is 14.6. The summed E-state index contributed by atoms with van der Waals surface area (Å²) in [6.45, 7) is 4.51. The number of carbonyl (C=O) groups is 7. The van der Waals surface area contributed by atoms with Crippen LogP contribution in [0.25, 0.3) is 22.3 Å². The standard InChI is InChI=1S/C44H48N6O13/c1-5-44(32-18-35-37-28(17-27-8-6-7-9-33(27)48-37)20-50(35)41(56)31(32)23-61-42(44)57)63-43(58)62-21-26-10-12-29(13-11-26)47-40(55)34(19-36(45)52)49-39(54)25(3)46-38(53)24(2)16-30(51)22-60-15-14-59-4/h6-13,17-18,24-25,34H,5,14-16,19-23H2,1-4H3,(H2,45,52)(H,46,53)(H,47,55)(H,49,54)/t24-,25+,34+,44+/m1/s1. The number of cyclic esters (lactones) is 1. The van der Waals surface area contributed by atoms with Crippen molar-refractivity contribution in [3.8, 4) is 11.4 Å². The number of pyridine rings is 2. The SMILES string of the molecule is CC[C@@]1(OC(=O)OCc2ccc(NC(=O)[C@H](CC(N)=O)NC(=O)[C@H](C)NC(=O)[C@H](C)CC(=O)COCCOC)cc2)C(=O)OCc2c1cc1n(c2=O)Cc2cc3ccccc3nc2-1. The van der Waals surface area contributed by atoms with Crippen molar-refractivity contribution in [1.82, 2.24) is 20.2 Å². The number of aromatic nitrogens is 2. The Labute approximate surface area is 360 Å². The highest BCUT2D eigenvalue weighted by Crippen LogP contribution is 2.41. The molecule has 2 aliphatic heterocycles. The van der Waals surface area contributed by atoms with E-state index in [0.717, 1.165) is 16.5 Å². The van der Waals surface area contributed by atoms with Crippen LogP contribution in [-0.4, -0.2) is 90.1 Å². The molecule has 4 heterocycles. The summed E-state index contributed by atoms with van der Waals surface area (Å²) in [5.74, 6) is -4.98. The van der Waals surface area contributed by atoms with Gasteiger partial charge in [0, 0.05) is 41.6 Å². The number of anilines is 1. The topological polar surface area (TPSA) is 263 Å². The van der Waals surface area contributed by atoms with Gasteiger partial charge in [-0.05, 0) is 49.2 Å². The lowest BCUT2D eigenvalue weighted by Crippen LogP contribution is -2.53. The third kappa shape index (κ3) is 10.4. The van der Waals surface area contributed by atoms with Crippen molar-refractivity contribution in [1.29, 1.82) is 0 Å². The zero-order chi connectivity index (χ0) is 45.4. The number of carbonyl (C=O) groups excluding carboxylic acids is 7. The van der Waals surface area contributed by atoms with E-state index in [1.165, 1.54) is 45.2 Å². The first-order valence-corrected chi connectivity index (χ1v) is 20.2. The molecule has 0 radical (unpaired) electrons. The number of hydrogen-bond acceptors (Lipinski definition) is 14. The van der Waals surface area contributed by atoms with E-state index in [2.05, 4.69) is 16.0 Å². The first-order chi connectivity index (χ1) is 30.1. The summed E-state index contributed by atoms with van der Waals surface area (Å²) < 4.78 is 28.1. The number of nitrogens with two attached hydrogens (primary N) is 1. The van der Waals surface area contributed by atoms with Crippen LogP contribution in [0.1, 0.15) is 62.3 Å². The summed E-state index contributed by atoms with van der Waals surface area (Å²) in [6.07, 6.45) is -1.96. The third-order valence-electron chi connectivity index (χ3n) is 10.7. The molecule has 0 saturated heterocycles. The maximum Gasteiger partial charge on any atom is 0.510 e. The second-order valence-electron chi connectivity index (χ2n) is 15.2. The number of ether oxygens (including phenoxy) is 5. The molecule has 4 amide bonds. The number of esters is 1. The number of methoxy groups -OCH3 is 1. The monoisotopic (exact) mass is 868 g/mol. The molecule has 0 spiro atoms. The number of fused-ring (bicyclic) bond motifs is 5. The minimum atomic E-state index is -1.98. The van der Waals surface area contributed by atoms with E-state index < -0.39 is 71.3 Å². The van der Waals surface area contributed by atoms with Crippen molar-refractivity contribution in [2.45, 2.75) is 77.5 Å². The Morgan fingerprint density at radius 1 is 0.937 bits per heavy atom. The molecule has 4 aromatic rings. The van der Waals surface area contributed by atoms with Gasteiger partial charge in [0.15, 0.2) is 5.78 Å². The minimum absolute atomic E-state index is 0.0676. The summed E-state index contributed by atoms with van der Waals surface area (Å²) in [5.41, 5.74) is 6.69. The molecule has 2 aromatic heterocycles. The Balaban J connectivity index is 1.05. The summed E-state index contributed by atoms with van der Waals surface area (Å²) in [4.78, 5) is 108. The number of ketones is 1. The van der Waals surface area contributed by atoms with Crippen molar-refractivity contribution in [2.24, 2.45) is 11.7 Å². The molecule has 6 rings (SSSR count). The number of para-hydroxylation sites is 1. The lowest BCUT2D eigenvalue weighted by atomic mass is 9.85. The number of primary amides is 1. The molecule has 0 aliphatic carbocycles. The maximum absolute atomic E-state index is 13.8. The molecule has 0 saturated carbocycles. The molecule has 4 atom stereocenters. The molecule has 2 aliphatic rings. The van der Waals surface area contributed by atoms with Crippen LogP contribution < -0.4 is 27.2 Å². The van der Waals surface area contributed by atoms with Crippen LogP contribution in [0.15, 0.2) is 65.5 Å². The number of nitrogens with one attached hydrogen (secondary N) is 3. The summed E-state index contributed by atoms with van der Waals surface area (Å²) in [7, 11) is 1.50. The normalized spacial score (nSPS) is 16.3. The van der Waals surface area contributed by atoms with Crippen LogP contribution in [-0.2, 0) is 77.8 Å². The van der Waals surface area contributed by atoms with Gasteiger partial charge in [-0.2, -0.15) is 0 Å². The second-order valence-corrected chi connectivity index (χ2v) is 15.2. The highest BCUT2D eigenvalue weighted by atomic mass is 16.7. The average Bonchev–Trinajstić information content (AvgIpc) is 3.62. The first-order valence-electron chi connectivity index (χ1n) is 20.2. The van der Waals surface area contributed by atoms with Crippen LogP contribution in [0.5, 0.6) is 0 Å². The molecule has 5 N–H and O–H groups in total. The number of hydrogen-bond donors (Lipinski definition) is 4. The molecule has 19 nitrogen and oxygen atoms in total. The van der Waals surface area contributed by atoms with Gasteiger partial charge in [-0.1, -0.05) is 44.2 Å². The van der Waals surface area contributed by atoms with Crippen LogP contribution in [0, 0.1) is 5.92 Å². The Morgan fingerprint density at radius 3 is 2.40 bits per heavy atom. The highest BCUT2D eigenvalue weighted by Gasteiger charge is 2.51. The molecule has 63 heavy (non-hydrogen) atoms.